The first-order chi connectivity index (χ1) is 7.82. The van der Waals surface area contributed by atoms with Crippen LogP contribution < -0.4 is 16.4 Å². The van der Waals surface area contributed by atoms with Gasteiger partial charge in [-0.05, 0) is 12.3 Å². The molecule has 1 aliphatic rings. The van der Waals surface area contributed by atoms with E-state index < -0.39 is 12.0 Å². The quantitative estimate of drug-likeness (QED) is 0.542. The van der Waals surface area contributed by atoms with Crippen molar-refractivity contribution >= 4 is 17.9 Å². The normalized spacial score (nSPS) is 16.5. The molecule has 17 heavy (non-hydrogen) atoms. The molecule has 0 aromatic carbocycles. The first-order valence-electron chi connectivity index (χ1n) is 5.39. The zero-order chi connectivity index (χ0) is 13.4. The molecular weight excluding hydrogens is 226 g/mol. The molecule has 5 N–H and O–H groups in total. The lowest BCUT2D eigenvalue weighted by Gasteiger charge is -2.10. The molecular formula is C10H19N3O4. The Morgan fingerprint density at radius 1 is 1.47 bits per heavy atom. The molecule has 0 aromatic rings. The molecule has 3 amide bonds. The van der Waals surface area contributed by atoms with Crippen LogP contribution in [0.25, 0.3) is 0 Å². The van der Waals surface area contributed by atoms with Crippen molar-refractivity contribution in [2.24, 2.45) is 11.7 Å². The number of imide groups is 1. The molecule has 1 saturated heterocycles. The highest BCUT2D eigenvalue weighted by molar-refractivity contribution is 5.96. The summed E-state index contributed by atoms with van der Waals surface area (Å²) in [6.07, 6.45) is 0.946. The number of carboxylic acids is 1. The fraction of sp³-hybridized carbons (Fsp3) is 0.700. The average Bonchev–Trinajstić information content (AvgIpc) is 2.16. The Balaban J connectivity index is 0.000000302. The summed E-state index contributed by atoms with van der Waals surface area (Å²) in [5.41, 5.74) is 5.22. The van der Waals surface area contributed by atoms with Crippen LogP contribution in [0.3, 0.4) is 0 Å². The first kappa shape index (κ1) is 15.4. The minimum Gasteiger partial charge on any atom is -0.480 e. The van der Waals surface area contributed by atoms with Crippen molar-refractivity contribution in [3.63, 3.8) is 0 Å². The average molecular weight is 245 g/mol. The summed E-state index contributed by atoms with van der Waals surface area (Å²) in [7, 11) is 0. The molecule has 0 bridgehead atoms. The summed E-state index contributed by atoms with van der Waals surface area (Å²) in [6, 6.07) is -1.08. The van der Waals surface area contributed by atoms with E-state index in [1.54, 1.807) is 0 Å². The zero-order valence-corrected chi connectivity index (χ0v) is 10.0. The van der Waals surface area contributed by atoms with Crippen molar-refractivity contribution in [2.45, 2.75) is 32.7 Å². The fourth-order valence-corrected chi connectivity index (χ4v) is 1.13. The van der Waals surface area contributed by atoms with Gasteiger partial charge in [0, 0.05) is 13.0 Å². The highest BCUT2D eigenvalue weighted by Crippen LogP contribution is 2.01. The number of nitrogens with two attached hydrogens (primary N) is 1. The number of amides is 3. The first-order valence-corrected chi connectivity index (χ1v) is 5.39. The van der Waals surface area contributed by atoms with Crippen LogP contribution in [0, 0.1) is 5.92 Å². The lowest BCUT2D eigenvalue weighted by Crippen LogP contribution is -2.46. The highest BCUT2D eigenvalue weighted by atomic mass is 16.4. The SMILES string of the molecule is CC(C)CC(N)C(=O)O.O=C1CCNC(=O)N1. The number of carbonyl (C=O) groups is 3. The second-order valence-electron chi connectivity index (χ2n) is 4.13. The van der Waals surface area contributed by atoms with E-state index in [-0.39, 0.29) is 11.9 Å². The molecule has 7 nitrogen and oxygen atoms in total. The van der Waals surface area contributed by atoms with E-state index in [0.29, 0.717) is 25.3 Å². The number of carbonyl (C=O) groups excluding carboxylic acids is 2. The van der Waals surface area contributed by atoms with Gasteiger partial charge in [-0.2, -0.15) is 0 Å². The molecule has 0 saturated carbocycles. The molecule has 1 heterocycles. The molecule has 0 aliphatic carbocycles. The van der Waals surface area contributed by atoms with Gasteiger partial charge in [-0.15, -0.1) is 0 Å². The van der Waals surface area contributed by atoms with Gasteiger partial charge in [0.1, 0.15) is 6.04 Å². The van der Waals surface area contributed by atoms with E-state index in [1.165, 1.54) is 0 Å². The van der Waals surface area contributed by atoms with E-state index in [4.69, 9.17) is 10.8 Å². The topological polar surface area (TPSA) is 122 Å². The number of hydrogen-bond acceptors (Lipinski definition) is 4. The van der Waals surface area contributed by atoms with Crippen LogP contribution in [0.1, 0.15) is 26.7 Å². The third-order valence-corrected chi connectivity index (χ3v) is 1.93. The van der Waals surface area contributed by atoms with Crippen LogP contribution in [-0.4, -0.2) is 35.6 Å². The van der Waals surface area contributed by atoms with Crippen LogP contribution in [0.2, 0.25) is 0 Å². The van der Waals surface area contributed by atoms with Crippen molar-refractivity contribution in [3.05, 3.63) is 0 Å². The third kappa shape index (κ3) is 8.21. The van der Waals surface area contributed by atoms with Gasteiger partial charge in [-0.1, -0.05) is 13.8 Å². The summed E-state index contributed by atoms with van der Waals surface area (Å²) < 4.78 is 0. The maximum absolute atomic E-state index is 10.3. The molecule has 7 heteroatoms. The van der Waals surface area contributed by atoms with Crippen molar-refractivity contribution in [1.82, 2.24) is 10.6 Å². The van der Waals surface area contributed by atoms with Gasteiger partial charge in [0.15, 0.2) is 0 Å². The van der Waals surface area contributed by atoms with E-state index in [9.17, 15) is 14.4 Å². The Morgan fingerprint density at radius 2 is 2.06 bits per heavy atom. The lowest BCUT2D eigenvalue weighted by atomic mass is 10.1. The summed E-state index contributed by atoms with van der Waals surface area (Å²) in [5, 5.41) is 12.8. The summed E-state index contributed by atoms with van der Waals surface area (Å²) >= 11 is 0. The molecule has 1 atom stereocenters. The number of nitrogens with one attached hydrogen (secondary N) is 2. The van der Waals surface area contributed by atoms with Crippen LogP contribution in [0.4, 0.5) is 4.79 Å². The molecule has 98 valence electrons. The fourth-order valence-electron chi connectivity index (χ4n) is 1.13. The van der Waals surface area contributed by atoms with Crippen LogP contribution in [0.5, 0.6) is 0 Å². The number of aliphatic carboxylic acids is 1. The molecule has 1 aliphatic heterocycles. The lowest BCUT2D eigenvalue weighted by molar-refractivity contribution is -0.138. The van der Waals surface area contributed by atoms with Gasteiger partial charge in [0.25, 0.3) is 0 Å². The maximum atomic E-state index is 10.3. The van der Waals surface area contributed by atoms with Crippen LogP contribution in [0.15, 0.2) is 0 Å². The van der Waals surface area contributed by atoms with E-state index in [0.717, 1.165) is 0 Å². The number of rotatable bonds is 3. The van der Waals surface area contributed by atoms with Crippen molar-refractivity contribution in [2.75, 3.05) is 6.54 Å². The van der Waals surface area contributed by atoms with Gasteiger partial charge in [0.05, 0.1) is 0 Å². The van der Waals surface area contributed by atoms with Gasteiger partial charge in [-0.3, -0.25) is 14.9 Å². The number of carboxylic acid groups (broad SMARTS) is 1. The van der Waals surface area contributed by atoms with Crippen LogP contribution >= 0.6 is 0 Å². The van der Waals surface area contributed by atoms with Gasteiger partial charge < -0.3 is 16.2 Å². The summed E-state index contributed by atoms with van der Waals surface area (Å²) in [6.45, 7) is 4.36. The Labute approximate surface area is 99.7 Å². The Kier molecular flexibility index (Phi) is 6.88. The number of urea groups is 1. The minimum absolute atomic E-state index is 0.200. The van der Waals surface area contributed by atoms with Gasteiger partial charge >= 0.3 is 12.0 Å². The smallest absolute Gasteiger partial charge is 0.321 e. The molecule has 1 fully saturated rings. The zero-order valence-electron chi connectivity index (χ0n) is 10.0. The Morgan fingerprint density at radius 3 is 2.29 bits per heavy atom. The van der Waals surface area contributed by atoms with E-state index >= 15 is 0 Å². The van der Waals surface area contributed by atoms with Crippen molar-refractivity contribution in [3.8, 4) is 0 Å². The van der Waals surface area contributed by atoms with Crippen LogP contribution in [-0.2, 0) is 9.59 Å². The third-order valence-electron chi connectivity index (χ3n) is 1.93. The van der Waals surface area contributed by atoms with E-state index in [1.807, 2.05) is 13.8 Å². The summed E-state index contributed by atoms with van der Waals surface area (Å²) in [5.74, 6) is -0.756. The minimum atomic E-state index is -0.913. The second kappa shape index (κ2) is 7.61. The highest BCUT2D eigenvalue weighted by Gasteiger charge is 2.12. The molecule has 0 aromatic heterocycles. The van der Waals surface area contributed by atoms with Gasteiger partial charge in [0.2, 0.25) is 5.91 Å². The predicted molar refractivity (Wildman–Crippen MR) is 61.2 cm³/mol. The monoisotopic (exact) mass is 245 g/mol. The second-order valence-corrected chi connectivity index (χ2v) is 4.13. The molecule has 1 unspecified atom stereocenters. The molecule has 0 radical (unpaired) electrons. The summed E-state index contributed by atoms with van der Waals surface area (Å²) in [4.78, 5) is 30.6. The largest absolute Gasteiger partial charge is 0.480 e. The Hall–Kier alpha value is -1.63. The molecule has 1 rings (SSSR count). The maximum Gasteiger partial charge on any atom is 0.321 e. The van der Waals surface area contributed by atoms with Crippen molar-refractivity contribution < 1.29 is 19.5 Å². The van der Waals surface area contributed by atoms with Crippen molar-refractivity contribution in [1.29, 1.82) is 0 Å². The standard InChI is InChI=1S/C6H13NO2.C4H6N2O2/c1-4(2)3-5(7)6(8)9;7-3-1-2-5-4(8)6-3/h4-5H,3,7H2,1-2H3,(H,8,9);1-2H2,(H2,5,6,7,8). The number of hydrogen-bond donors (Lipinski definition) is 4. The van der Waals surface area contributed by atoms with E-state index in [2.05, 4.69) is 10.6 Å². The Bertz CT molecular complexity index is 277. The van der Waals surface area contributed by atoms with Gasteiger partial charge in [-0.25, -0.2) is 4.79 Å². The predicted octanol–water partition coefficient (Wildman–Crippen LogP) is -0.340. The molecule has 0 spiro atoms.